The highest BCUT2D eigenvalue weighted by atomic mass is 16.5. The van der Waals surface area contributed by atoms with E-state index < -0.39 is 30.4 Å². The van der Waals surface area contributed by atoms with Crippen molar-refractivity contribution in [2.45, 2.75) is 32.8 Å². The van der Waals surface area contributed by atoms with Crippen LogP contribution < -0.4 is 0 Å². The maximum Gasteiger partial charge on any atom is 0.326 e. The number of imide groups is 1. The van der Waals surface area contributed by atoms with Gasteiger partial charge in [0.25, 0.3) is 5.91 Å². The number of ether oxygens (including phenoxy) is 1. The number of hydrogen-bond acceptors (Lipinski definition) is 5. The van der Waals surface area contributed by atoms with Crippen molar-refractivity contribution in [1.29, 1.82) is 0 Å². The quantitative estimate of drug-likeness (QED) is 0.438. The minimum Gasteiger partial charge on any atom is -0.453 e. The second kappa shape index (κ2) is 8.17. The first kappa shape index (κ1) is 19.5. The molecule has 0 bridgehead atoms. The van der Waals surface area contributed by atoms with Crippen LogP contribution in [0.3, 0.4) is 0 Å². The van der Waals surface area contributed by atoms with E-state index in [-0.39, 0.29) is 12.2 Å². The third kappa shape index (κ3) is 4.01. The Hall–Kier alpha value is -3.28. The van der Waals surface area contributed by atoms with Crippen molar-refractivity contribution >= 4 is 23.6 Å². The van der Waals surface area contributed by atoms with Crippen LogP contribution in [0.15, 0.2) is 48.5 Å². The molecule has 144 valence electrons. The highest BCUT2D eigenvalue weighted by Crippen LogP contribution is 2.19. The Morgan fingerprint density at radius 3 is 2.43 bits per heavy atom. The van der Waals surface area contributed by atoms with Crippen molar-refractivity contribution in [2.24, 2.45) is 0 Å². The maximum atomic E-state index is 12.5. The van der Waals surface area contributed by atoms with E-state index in [1.807, 2.05) is 19.1 Å². The van der Waals surface area contributed by atoms with Crippen molar-refractivity contribution in [2.75, 3.05) is 6.54 Å². The van der Waals surface area contributed by atoms with E-state index in [9.17, 15) is 19.2 Å². The molecule has 0 fully saturated rings. The largest absolute Gasteiger partial charge is 0.453 e. The number of carbonyl (C=O) groups is 4. The number of benzene rings is 2. The topological polar surface area (TPSA) is 80.8 Å². The van der Waals surface area contributed by atoms with Gasteiger partial charge in [0, 0.05) is 11.1 Å². The zero-order valence-electron chi connectivity index (χ0n) is 15.8. The van der Waals surface area contributed by atoms with Gasteiger partial charge in [0.2, 0.25) is 11.7 Å². The number of amides is 2. The van der Waals surface area contributed by atoms with E-state index in [4.69, 9.17) is 4.74 Å². The molecular formula is C22H21NO5. The van der Waals surface area contributed by atoms with Crippen LogP contribution >= 0.6 is 0 Å². The molecule has 0 N–H and O–H groups in total. The summed E-state index contributed by atoms with van der Waals surface area (Å²) in [6, 6.07) is 13.9. The summed E-state index contributed by atoms with van der Waals surface area (Å²) in [5, 5.41) is 0. The summed E-state index contributed by atoms with van der Waals surface area (Å²) in [6.07, 6.45) is -0.102. The van der Waals surface area contributed by atoms with Gasteiger partial charge in [0.1, 0.15) is 6.54 Å². The monoisotopic (exact) mass is 379 g/mol. The van der Waals surface area contributed by atoms with E-state index in [2.05, 4.69) is 0 Å². The number of aryl methyl sites for hydroxylation is 1. The molecule has 1 heterocycles. The number of hydrogen-bond donors (Lipinski definition) is 0. The molecule has 0 spiro atoms. The van der Waals surface area contributed by atoms with Gasteiger partial charge in [-0.15, -0.1) is 0 Å². The zero-order valence-corrected chi connectivity index (χ0v) is 15.8. The molecule has 1 aliphatic rings. The molecule has 28 heavy (non-hydrogen) atoms. The maximum absolute atomic E-state index is 12.5. The number of esters is 1. The highest BCUT2D eigenvalue weighted by molar-refractivity contribution is 6.11. The van der Waals surface area contributed by atoms with Gasteiger partial charge in [0.15, 0.2) is 6.10 Å². The van der Waals surface area contributed by atoms with Gasteiger partial charge in [-0.3, -0.25) is 24.1 Å². The van der Waals surface area contributed by atoms with Gasteiger partial charge in [-0.1, -0.05) is 49.4 Å². The van der Waals surface area contributed by atoms with Crippen molar-refractivity contribution < 1.29 is 23.9 Å². The highest BCUT2D eigenvalue weighted by Gasteiger charge is 2.33. The normalized spacial score (nSPS) is 14.4. The number of nitrogens with zero attached hydrogens (tertiary/aromatic N) is 1. The zero-order chi connectivity index (χ0) is 20.3. The van der Waals surface area contributed by atoms with E-state index >= 15 is 0 Å². The van der Waals surface area contributed by atoms with Crippen molar-refractivity contribution in [3.05, 3.63) is 70.8 Å². The third-order valence-electron chi connectivity index (χ3n) is 4.75. The van der Waals surface area contributed by atoms with Gasteiger partial charge < -0.3 is 4.74 Å². The molecule has 6 nitrogen and oxygen atoms in total. The van der Waals surface area contributed by atoms with Gasteiger partial charge in [-0.25, -0.2) is 0 Å². The number of rotatable bonds is 6. The van der Waals surface area contributed by atoms with Crippen LogP contribution in [0.5, 0.6) is 0 Å². The third-order valence-corrected chi connectivity index (χ3v) is 4.75. The van der Waals surface area contributed by atoms with Gasteiger partial charge >= 0.3 is 5.97 Å². The van der Waals surface area contributed by atoms with Gasteiger partial charge in [-0.2, -0.15) is 0 Å². The summed E-state index contributed by atoms with van der Waals surface area (Å²) < 4.78 is 5.18. The first-order valence-electron chi connectivity index (χ1n) is 9.16. The molecule has 2 aromatic rings. The Kier molecular flexibility index (Phi) is 5.68. The predicted molar refractivity (Wildman–Crippen MR) is 102 cm³/mol. The van der Waals surface area contributed by atoms with Crippen molar-refractivity contribution in [3.63, 3.8) is 0 Å². The molecule has 1 atom stereocenters. The summed E-state index contributed by atoms with van der Waals surface area (Å²) in [5.74, 6) is -2.13. The van der Waals surface area contributed by atoms with E-state index in [1.54, 1.807) is 36.4 Å². The lowest BCUT2D eigenvalue weighted by Gasteiger charge is -2.26. The summed E-state index contributed by atoms with van der Waals surface area (Å²) in [5.41, 5.74) is 2.58. The fourth-order valence-corrected chi connectivity index (χ4v) is 3.12. The lowest BCUT2D eigenvalue weighted by atomic mass is 9.98. The Labute approximate surface area is 163 Å². The first-order chi connectivity index (χ1) is 13.4. The summed E-state index contributed by atoms with van der Waals surface area (Å²) in [7, 11) is 0. The van der Waals surface area contributed by atoms with E-state index in [1.165, 1.54) is 6.92 Å². The van der Waals surface area contributed by atoms with Gasteiger partial charge in [-0.05, 0) is 30.5 Å². The lowest BCUT2D eigenvalue weighted by molar-refractivity contribution is -0.150. The molecule has 0 aromatic heterocycles. The Morgan fingerprint density at radius 1 is 1.07 bits per heavy atom. The Balaban J connectivity index is 1.64. The van der Waals surface area contributed by atoms with Crippen LogP contribution in [0, 0.1) is 0 Å². The Morgan fingerprint density at radius 2 is 1.75 bits per heavy atom. The predicted octanol–water partition coefficient (Wildman–Crippen LogP) is 2.59. The minimum atomic E-state index is -1.01. The van der Waals surface area contributed by atoms with Crippen LogP contribution in [0.25, 0.3) is 0 Å². The van der Waals surface area contributed by atoms with Crippen LogP contribution in [0.1, 0.15) is 45.7 Å². The fraction of sp³-hybridized carbons (Fsp3) is 0.273. The standard InChI is InChI=1S/C22H21NO5/c1-3-15-8-10-16(11-9-15)21(26)14(2)28-20(25)13-23-19(24)12-17-6-4-5-7-18(17)22(23)27/h4-11,14H,3,12-13H2,1-2H3/t14-/m1/s1. The number of carbonyl (C=O) groups excluding carboxylic acids is 4. The molecule has 0 unspecified atom stereocenters. The molecule has 6 heteroatoms. The summed E-state index contributed by atoms with van der Waals surface area (Å²) >= 11 is 0. The van der Waals surface area contributed by atoms with Crippen molar-refractivity contribution in [1.82, 2.24) is 4.90 Å². The molecule has 1 aliphatic heterocycles. The molecule has 0 aliphatic carbocycles. The van der Waals surface area contributed by atoms with Crippen LogP contribution in [-0.4, -0.2) is 41.1 Å². The van der Waals surface area contributed by atoms with Crippen LogP contribution in [0.4, 0.5) is 0 Å². The Bertz CT molecular complexity index is 932. The smallest absolute Gasteiger partial charge is 0.326 e. The van der Waals surface area contributed by atoms with Crippen molar-refractivity contribution in [3.8, 4) is 0 Å². The molecule has 2 amide bonds. The van der Waals surface area contributed by atoms with E-state index in [0.717, 1.165) is 16.9 Å². The number of Topliss-reactive ketones (excluding diaryl/α,β-unsaturated/α-hetero) is 1. The summed E-state index contributed by atoms with van der Waals surface area (Å²) in [6.45, 7) is 2.98. The lowest BCUT2D eigenvalue weighted by Crippen LogP contribution is -2.46. The molecule has 0 saturated carbocycles. The fourth-order valence-electron chi connectivity index (χ4n) is 3.12. The molecule has 0 radical (unpaired) electrons. The SMILES string of the molecule is CCc1ccc(C(=O)[C@@H](C)OC(=O)CN2C(=O)Cc3ccccc3C2=O)cc1. The second-order valence-electron chi connectivity index (χ2n) is 6.67. The molecule has 3 rings (SSSR count). The first-order valence-corrected chi connectivity index (χ1v) is 9.16. The number of ketones is 1. The second-order valence-corrected chi connectivity index (χ2v) is 6.67. The molecule has 0 saturated heterocycles. The number of fused-ring (bicyclic) bond motifs is 1. The minimum absolute atomic E-state index is 0.0491. The molecular weight excluding hydrogens is 358 g/mol. The average Bonchev–Trinajstić information content (AvgIpc) is 2.70. The summed E-state index contributed by atoms with van der Waals surface area (Å²) in [4.78, 5) is 50.3. The average molecular weight is 379 g/mol. The molecule has 2 aromatic carbocycles. The van der Waals surface area contributed by atoms with E-state index in [0.29, 0.717) is 16.7 Å². The van der Waals surface area contributed by atoms with Gasteiger partial charge in [0.05, 0.1) is 6.42 Å². The van der Waals surface area contributed by atoms with Crippen LogP contribution in [-0.2, 0) is 27.2 Å². The van der Waals surface area contributed by atoms with Crippen LogP contribution in [0.2, 0.25) is 0 Å².